The van der Waals surface area contributed by atoms with Crippen LogP contribution >= 0.6 is 0 Å². The molecule has 3 nitrogen and oxygen atoms in total. The third-order valence-corrected chi connectivity index (χ3v) is 4.42. The summed E-state index contributed by atoms with van der Waals surface area (Å²) in [5.74, 6) is 1.86. The molecule has 1 saturated heterocycles. The molecule has 0 radical (unpaired) electrons. The normalized spacial score (nSPS) is 26.8. The molecule has 1 aromatic carbocycles. The van der Waals surface area contributed by atoms with Gasteiger partial charge in [0.15, 0.2) is 0 Å². The largest absolute Gasteiger partial charge is 0.496 e. The summed E-state index contributed by atoms with van der Waals surface area (Å²) in [4.78, 5) is 2.58. The zero-order chi connectivity index (χ0) is 12.5. The van der Waals surface area contributed by atoms with Gasteiger partial charge in [-0.2, -0.15) is 0 Å². The van der Waals surface area contributed by atoms with Crippen LogP contribution < -0.4 is 4.74 Å². The van der Waals surface area contributed by atoms with Crippen molar-refractivity contribution in [2.75, 3.05) is 13.7 Å². The minimum Gasteiger partial charge on any atom is -0.496 e. The van der Waals surface area contributed by atoms with Gasteiger partial charge in [0.2, 0.25) is 0 Å². The summed E-state index contributed by atoms with van der Waals surface area (Å²) < 4.78 is 5.43. The third kappa shape index (κ3) is 2.13. The van der Waals surface area contributed by atoms with Gasteiger partial charge in [-0.1, -0.05) is 6.07 Å². The monoisotopic (exact) mass is 247 g/mol. The number of likely N-dealkylation sites (tertiary alicyclic amines) is 1. The van der Waals surface area contributed by atoms with Crippen molar-refractivity contribution in [1.82, 2.24) is 4.90 Å². The van der Waals surface area contributed by atoms with Gasteiger partial charge in [-0.15, -0.1) is 0 Å². The van der Waals surface area contributed by atoms with Gasteiger partial charge >= 0.3 is 0 Å². The minimum atomic E-state index is 0.100. The number of hydrogen-bond acceptors (Lipinski definition) is 3. The molecule has 1 aromatic rings. The molecule has 2 aliphatic rings. The zero-order valence-electron chi connectivity index (χ0n) is 10.9. The van der Waals surface area contributed by atoms with Crippen LogP contribution in [-0.4, -0.2) is 29.7 Å². The van der Waals surface area contributed by atoms with Gasteiger partial charge in [0.25, 0.3) is 0 Å². The highest BCUT2D eigenvalue weighted by molar-refractivity contribution is 5.37. The summed E-state index contributed by atoms with van der Waals surface area (Å²) >= 11 is 0. The van der Waals surface area contributed by atoms with Gasteiger partial charge in [0, 0.05) is 24.7 Å². The highest BCUT2D eigenvalue weighted by Gasteiger charge is 2.37. The molecule has 98 valence electrons. The Morgan fingerprint density at radius 2 is 2.28 bits per heavy atom. The molecule has 1 aliphatic heterocycles. The molecule has 2 atom stereocenters. The van der Waals surface area contributed by atoms with Crippen LogP contribution in [0.3, 0.4) is 0 Å². The van der Waals surface area contributed by atoms with Gasteiger partial charge in [0.1, 0.15) is 5.75 Å². The van der Waals surface area contributed by atoms with E-state index in [9.17, 15) is 5.11 Å². The van der Waals surface area contributed by atoms with Gasteiger partial charge in [-0.25, -0.2) is 0 Å². The Hall–Kier alpha value is -1.06. The molecule has 1 aliphatic carbocycles. The number of piperidine rings is 1. The Morgan fingerprint density at radius 3 is 2.89 bits per heavy atom. The molecule has 1 heterocycles. The summed E-state index contributed by atoms with van der Waals surface area (Å²) in [6, 6.07) is 6.75. The average molecular weight is 247 g/mol. The third-order valence-electron chi connectivity index (χ3n) is 4.42. The van der Waals surface area contributed by atoms with Gasteiger partial charge in [-0.05, 0) is 42.9 Å². The number of fused-ring (bicyclic) bond motifs is 2. The van der Waals surface area contributed by atoms with Crippen LogP contribution in [0.15, 0.2) is 18.2 Å². The van der Waals surface area contributed by atoms with Crippen LogP contribution in [-0.2, 0) is 13.2 Å². The molecule has 18 heavy (non-hydrogen) atoms. The van der Waals surface area contributed by atoms with Crippen LogP contribution in [0.25, 0.3) is 0 Å². The lowest BCUT2D eigenvalue weighted by Gasteiger charge is -2.27. The second kappa shape index (κ2) is 4.90. The van der Waals surface area contributed by atoms with Crippen molar-refractivity contribution in [3.63, 3.8) is 0 Å². The van der Waals surface area contributed by atoms with E-state index >= 15 is 0 Å². The lowest BCUT2D eigenvalue weighted by molar-refractivity contribution is 0.202. The van der Waals surface area contributed by atoms with Gasteiger partial charge in [0.05, 0.1) is 13.7 Å². The van der Waals surface area contributed by atoms with E-state index in [1.54, 1.807) is 7.11 Å². The smallest absolute Gasteiger partial charge is 0.123 e. The van der Waals surface area contributed by atoms with Crippen molar-refractivity contribution in [1.29, 1.82) is 0 Å². The zero-order valence-corrected chi connectivity index (χ0v) is 10.9. The number of aliphatic hydroxyl groups excluding tert-OH is 1. The maximum absolute atomic E-state index is 9.24. The van der Waals surface area contributed by atoms with Crippen LogP contribution in [0.1, 0.15) is 30.4 Å². The first-order valence-electron chi connectivity index (χ1n) is 6.81. The first-order chi connectivity index (χ1) is 8.80. The highest BCUT2D eigenvalue weighted by Crippen LogP contribution is 2.38. The van der Waals surface area contributed by atoms with Crippen LogP contribution in [0, 0.1) is 5.92 Å². The number of benzene rings is 1. The van der Waals surface area contributed by atoms with Crippen molar-refractivity contribution in [2.45, 2.75) is 38.5 Å². The van der Waals surface area contributed by atoms with Gasteiger partial charge in [-0.3, -0.25) is 4.90 Å². The molecule has 3 heteroatoms. The van der Waals surface area contributed by atoms with E-state index in [0.29, 0.717) is 0 Å². The first kappa shape index (κ1) is 12.0. The number of hydrogen-bond donors (Lipinski definition) is 1. The number of methoxy groups -OCH3 is 1. The second-order valence-electron chi connectivity index (χ2n) is 5.57. The first-order valence-corrected chi connectivity index (χ1v) is 6.81. The quantitative estimate of drug-likeness (QED) is 0.885. The molecule has 2 bridgehead atoms. The van der Waals surface area contributed by atoms with E-state index in [1.165, 1.54) is 31.4 Å². The molecule has 0 amide bonds. The fourth-order valence-corrected chi connectivity index (χ4v) is 3.49. The SMILES string of the molecule is COc1ccc(CO)cc1CN1CC2CCC1C2. The van der Waals surface area contributed by atoms with E-state index in [4.69, 9.17) is 4.74 Å². The average Bonchev–Trinajstić information content (AvgIpc) is 3.01. The van der Waals surface area contributed by atoms with Crippen LogP contribution in [0.4, 0.5) is 0 Å². The maximum Gasteiger partial charge on any atom is 0.123 e. The summed E-state index contributed by atoms with van der Waals surface area (Å²) in [6.07, 6.45) is 4.14. The number of aliphatic hydroxyl groups is 1. The van der Waals surface area contributed by atoms with E-state index in [-0.39, 0.29) is 6.61 Å². The van der Waals surface area contributed by atoms with Crippen LogP contribution in [0.5, 0.6) is 5.75 Å². The molecule has 2 unspecified atom stereocenters. The topological polar surface area (TPSA) is 32.7 Å². The van der Waals surface area contributed by atoms with E-state index in [1.807, 2.05) is 12.1 Å². The van der Waals surface area contributed by atoms with Crippen molar-refractivity contribution >= 4 is 0 Å². The lowest BCUT2D eigenvalue weighted by atomic mass is 10.1. The molecule has 0 aromatic heterocycles. The lowest BCUT2D eigenvalue weighted by Crippen LogP contribution is -2.31. The fourth-order valence-electron chi connectivity index (χ4n) is 3.49. The maximum atomic E-state index is 9.24. The molecule has 1 N–H and O–H groups in total. The minimum absolute atomic E-state index is 0.100. The molecule has 2 fully saturated rings. The fraction of sp³-hybridized carbons (Fsp3) is 0.600. The predicted octanol–water partition coefficient (Wildman–Crippen LogP) is 2.17. The van der Waals surface area contributed by atoms with Gasteiger partial charge < -0.3 is 9.84 Å². The van der Waals surface area contributed by atoms with Crippen LogP contribution in [0.2, 0.25) is 0 Å². The van der Waals surface area contributed by atoms with E-state index in [0.717, 1.165) is 29.8 Å². The number of rotatable bonds is 4. The Labute approximate surface area is 108 Å². The molecule has 3 rings (SSSR count). The Morgan fingerprint density at radius 1 is 1.39 bits per heavy atom. The molecule has 1 saturated carbocycles. The number of ether oxygens (including phenoxy) is 1. The summed E-state index contributed by atoms with van der Waals surface area (Å²) in [6.45, 7) is 2.29. The van der Waals surface area contributed by atoms with E-state index < -0.39 is 0 Å². The molecular weight excluding hydrogens is 226 g/mol. The van der Waals surface area contributed by atoms with Crippen molar-refractivity contribution in [2.24, 2.45) is 5.92 Å². The Kier molecular flexibility index (Phi) is 3.27. The van der Waals surface area contributed by atoms with Crippen molar-refractivity contribution in [3.05, 3.63) is 29.3 Å². The summed E-state index contributed by atoms with van der Waals surface area (Å²) in [5.41, 5.74) is 2.17. The summed E-state index contributed by atoms with van der Waals surface area (Å²) in [5, 5.41) is 9.24. The Balaban J connectivity index is 1.78. The van der Waals surface area contributed by atoms with E-state index in [2.05, 4.69) is 11.0 Å². The highest BCUT2D eigenvalue weighted by atomic mass is 16.5. The Bertz CT molecular complexity index is 433. The standard InChI is InChI=1S/C15H21NO2/c1-18-15-5-3-12(10-17)6-13(15)9-16-8-11-2-4-14(16)7-11/h3,5-6,11,14,17H,2,4,7-10H2,1H3. The molecular formula is C15H21NO2. The van der Waals surface area contributed by atoms with Crippen molar-refractivity contribution < 1.29 is 9.84 Å². The van der Waals surface area contributed by atoms with Crippen molar-refractivity contribution in [3.8, 4) is 5.75 Å². The number of nitrogens with zero attached hydrogens (tertiary/aromatic N) is 1. The molecule has 0 spiro atoms. The second-order valence-corrected chi connectivity index (χ2v) is 5.57. The predicted molar refractivity (Wildman–Crippen MR) is 70.5 cm³/mol. The summed E-state index contributed by atoms with van der Waals surface area (Å²) in [7, 11) is 1.72.